The van der Waals surface area contributed by atoms with Crippen molar-refractivity contribution in [3.8, 4) is 5.69 Å². The fraction of sp³-hybridized carbons (Fsp3) is 0.550. The van der Waals surface area contributed by atoms with Crippen molar-refractivity contribution < 1.29 is 4.92 Å². The first kappa shape index (κ1) is 18.0. The quantitative estimate of drug-likeness (QED) is 0.656. The van der Waals surface area contributed by atoms with E-state index in [1.54, 1.807) is 24.3 Å². The molecule has 7 nitrogen and oxygen atoms in total. The van der Waals surface area contributed by atoms with Gasteiger partial charge in [-0.3, -0.25) is 10.1 Å². The van der Waals surface area contributed by atoms with E-state index < -0.39 is 0 Å². The van der Waals surface area contributed by atoms with Crippen molar-refractivity contribution >= 4 is 11.5 Å². The van der Waals surface area contributed by atoms with Crippen molar-refractivity contribution in [1.82, 2.24) is 14.7 Å². The minimum absolute atomic E-state index is 0.108. The number of hydrogen-bond acceptors (Lipinski definition) is 5. The molecule has 0 bridgehead atoms. The van der Waals surface area contributed by atoms with Gasteiger partial charge in [-0.25, -0.2) is 4.68 Å². The van der Waals surface area contributed by atoms with E-state index in [-0.39, 0.29) is 10.6 Å². The SMILES string of the molecule is CCN1CCC(c2nn(-c3ccc([N+](=O)[O-])cc3)c3c2CCCCN3)CC1. The fourth-order valence-corrected chi connectivity index (χ4v) is 4.28. The third-order valence-electron chi connectivity index (χ3n) is 5.89. The molecule has 7 heteroatoms. The molecule has 0 aliphatic carbocycles. The van der Waals surface area contributed by atoms with Crippen molar-refractivity contribution in [2.75, 3.05) is 31.5 Å². The minimum Gasteiger partial charge on any atom is -0.370 e. The van der Waals surface area contributed by atoms with E-state index in [1.165, 1.54) is 17.7 Å². The molecule has 27 heavy (non-hydrogen) atoms. The predicted octanol–water partition coefficient (Wildman–Crippen LogP) is 3.73. The minimum atomic E-state index is -0.363. The first-order valence-corrected chi connectivity index (χ1v) is 10.00. The number of aromatic nitrogens is 2. The Hall–Kier alpha value is -2.41. The standard InChI is InChI=1S/C20H27N5O2/c1-2-23-13-10-15(11-14-23)19-18-5-3-4-12-21-20(18)24(22-19)16-6-8-17(9-7-16)25(26)27/h6-9,15,21H,2-5,10-14H2,1H3. The number of hydrogen-bond donors (Lipinski definition) is 1. The Balaban J connectivity index is 1.70. The van der Waals surface area contributed by atoms with E-state index in [1.807, 2.05) is 4.68 Å². The summed E-state index contributed by atoms with van der Waals surface area (Å²) in [5.74, 6) is 1.58. The number of benzene rings is 1. The molecule has 1 N–H and O–H groups in total. The topological polar surface area (TPSA) is 76.2 Å². The van der Waals surface area contributed by atoms with Crippen molar-refractivity contribution in [2.45, 2.75) is 44.9 Å². The molecule has 2 aromatic rings. The molecule has 1 aromatic carbocycles. The fourth-order valence-electron chi connectivity index (χ4n) is 4.28. The van der Waals surface area contributed by atoms with Crippen LogP contribution < -0.4 is 5.32 Å². The van der Waals surface area contributed by atoms with Gasteiger partial charge in [0.2, 0.25) is 0 Å². The van der Waals surface area contributed by atoms with Gasteiger partial charge in [-0.05, 0) is 63.9 Å². The van der Waals surface area contributed by atoms with Gasteiger partial charge in [-0.1, -0.05) is 6.92 Å². The van der Waals surface area contributed by atoms with E-state index in [9.17, 15) is 10.1 Å². The Kier molecular flexibility index (Phi) is 5.11. The van der Waals surface area contributed by atoms with Gasteiger partial charge >= 0.3 is 0 Å². The summed E-state index contributed by atoms with van der Waals surface area (Å²) in [4.78, 5) is 13.1. The van der Waals surface area contributed by atoms with E-state index in [0.717, 1.165) is 63.4 Å². The Labute approximate surface area is 159 Å². The summed E-state index contributed by atoms with van der Waals surface area (Å²) in [6, 6.07) is 6.70. The van der Waals surface area contributed by atoms with Crippen LogP contribution in [0.15, 0.2) is 24.3 Å². The van der Waals surface area contributed by atoms with Crippen molar-refractivity contribution in [3.63, 3.8) is 0 Å². The molecule has 3 heterocycles. The summed E-state index contributed by atoms with van der Waals surface area (Å²) in [6.07, 6.45) is 5.68. The molecular weight excluding hydrogens is 342 g/mol. The highest BCUT2D eigenvalue weighted by Gasteiger charge is 2.28. The number of rotatable bonds is 4. The average molecular weight is 369 g/mol. The second-order valence-corrected chi connectivity index (χ2v) is 7.49. The molecular formula is C20H27N5O2. The summed E-state index contributed by atoms with van der Waals surface area (Å²) in [5, 5.41) is 19.5. The number of non-ortho nitro benzene ring substituents is 1. The van der Waals surface area contributed by atoms with Crippen LogP contribution >= 0.6 is 0 Å². The van der Waals surface area contributed by atoms with Crippen LogP contribution in [0.4, 0.5) is 11.5 Å². The van der Waals surface area contributed by atoms with Crippen LogP contribution in [0.2, 0.25) is 0 Å². The molecule has 0 saturated carbocycles. The van der Waals surface area contributed by atoms with Crippen LogP contribution in [0.1, 0.15) is 49.8 Å². The number of nitrogens with one attached hydrogen (secondary N) is 1. The zero-order chi connectivity index (χ0) is 18.8. The van der Waals surface area contributed by atoms with Crippen LogP contribution in [0.25, 0.3) is 5.69 Å². The third kappa shape index (κ3) is 3.56. The number of likely N-dealkylation sites (tertiary alicyclic amines) is 1. The predicted molar refractivity (Wildman–Crippen MR) is 106 cm³/mol. The zero-order valence-corrected chi connectivity index (χ0v) is 15.9. The molecule has 2 aliphatic heterocycles. The van der Waals surface area contributed by atoms with Crippen molar-refractivity contribution in [2.24, 2.45) is 0 Å². The van der Waals surface area contributed by atoms with Crippen molar-refractivity contribution in [3.05, 3.63) is 45.6 Å². The van der Waals surface area contributed by atoms with E-state index >= 15 is 0 Å². The van der Waals surface area contributed by atoms with Gasteiger partial charge in [-0.2, -0.15) is 5.10 Å². The maximum absolute atomic E-state index is 11.0. The monoisotopic (exact) mass is 369 g/mol. The van der Waals surface area contributed by atoms with E-state index in [2.05, 4.69) is 17.1 Å². The van der Waals surface area contributed by atoms with Crippen LogP contribution in [-0.4, -0.2) is 45.8 Å². The lowest BCUT2D eigenvalue weighted by Gasteiger charge is -2.30. The van der Waals surface area contributed by atoms with Crippen LogP contribution in [0.5, 0.6) is 0 Å². The normalized spacial score (nSPS) is 18.6. The molecule has 0 spiro atoms. The molecule has 1 saturated heterocycles. The van der Waals surface area contributed by atoms with Gasteiger partial charge in [0.25, 0.3) is 5.69 Å². The second kappa shape index (κ2) is 7.68. The second-order valence-electron chi connectivity index (χ2n) is 7.49. The number of piperidine rings is 1. The Morgan fingerprint density at radius 1 is 1.22 bits per heavy atom. The summed E-state index contributed by atoms with van der Waals surface area (Å²) in [5.41, 5.74) is 3.56. The Morgan fingerprint density at radius 2 is 1.96 bits per heavy atom. The highest BCUT2D eigenvalue weighted by Crippen LogP contribution is 2.36. The first-order chi connectivity index (χ1) is 13.2. The lowest BCUT2D eigenvalue weighted by molar-refractivity contribution is -0.384. The zero-order valence-electron chi connectivity index (χ0n) is 15.9. The molecule has 1 fully saturated rings. The van der Waals surface area contributed by atoms with E-state index in [4.69, 9.17) is 5.10 Å². The lowest BCUT2D eigenvalue weighted by Crippen LogP contribution is -2.33. The molecule has 4 rings (SSSR count). The van der Waals surface area contributed by atoms with Gasteiger partial charge < -0.3 is 10.2 Å². The Morgan fingerprint density at radius 3 is 2.63 bits per heavy atom. The first-order valence-electron chi connectivity index (χ1n) is 10.00. The molecule has 0 unspecified atom stereocenters. The number of anilines is 1. The number of nitro groups is 1. The highest BCUT2D eigenvalue weighted by atomic mass is 16.6. The van der Waals surface area contributed by atoms with Gasteiger partial charge in [0, 0.05) is 30.2 Å². The van der Waals surface area contributed by atoms with Gasteiger partial charge in [0.15, 0.2) is 0 Å². The van der Waals surface area contributed by atoms with Gasteiger partial charge in [-0.15, -0.1) is 0 Å². The average Bonchev–Trinajstić information content (AvgIpc) is 2.89. The van der Waals surface area contributed by atoms with Crippen LogP contribution in [0, 0.1) is 10.1 Å². The van der Waals surface area contributed by atoms with Crippen molar-refractivity contribution in [1.29, 1.82) is 0 Å². The maximum atomic E-state index is 11.0. The maximum Gasteiger partial charge on any atom is 0.269 e. The molecule has 0 atom stereocenters. The molecule has 0 amide bonds. The Bertz CT molecular complexity index is 807. The smallest absolute Gasteiger partial charge is 0.269 e. The third-order valence-corrected chi connectivity index (χ3v) is 5.89. The van der Waals surface area contributed by atoms with Gasteiger partial charge in [0.1, 0.15) is 5.82 Å². The summed E-state index contributed by atoms with van der Waals surface area (Å²) >= 11 is 0. The molecule has 1 aromatic heterocycles. The lowest BCUT2D eigenvalue weighted by atomic mass is 9.90. The van der Waals surface area contributed by atoms with Gasteiger partial charge in [0.05, 0.1) is 16.3 Å². The summed E-state index contributed by atoms with van der Waals surface area (Å²) in [7, 11) is 0. The molecule has 144 valence electrons. The van der Waals surface area contributed by atoms with Crippen LogP contribution in [-0.2, 0) is 6.42 Å². The largest absolute Gasteiger partial charge is 0.370 e. The number of nitrogens with zero attached hydrogens (tertiary/aromatic N) is 4. The molecule has 2 aliphatic rings. The number of fused-ring (bicyclic) bond motifs is 1. The number of nitro benzene ring substituents is 1. The van der Waals surface area contributed by atoms with Crippen LogP contribution in [0.3, 0.4) is 0 Å². The summed E-state index contributed by atoms with van der Waals surface area (Å²) < 4.78 is 1.96. The van der Waals surface area contributed by atoms with E-state index in [0.29, 0.717) is 5.92 Å². The summed E-state index contributed by atoms with van der Waals surface area (Å²) in [6.45, 7) is 6.55. The molecule has 0 radical (unpaired) electrons. The highest BCUT2D eigenvalue weighted by molar-refractivity contribution is 5.56.